The highest BCUT2D eigenvalue weighted by Crippen LogP contribution is 2.24. The lowest BCUT2D eigenvalue weighted by Crippen LogP contribution is -2.10. The van der Waals surface area contributed by atoms with Gasteiger partial charge in [-0.1, -0.05) is 35.3 Å². The number of rotatable bonds is 7. The number of hydrogen-bond acceptors (Lipinski definition) is 4. The van der Waals surface area contributed by atoms with Crippen LogP contribution in [0.4, 0.5) is 5.69 Å². The Morgan fingerprint density at radius 3 is 2.77 bits per heavy atom. The van der Waals surface area contributed by atoms with Crippen molar-refractivity contribution in [3.63, 3.8) is 0 Å². The molecule has 158 valence electrons. The highest BCUT2D eigenvalue weighted by Gasteiger charge is 2.11. The molecule has 4 rings (SSSR count). The van der Waals surface area contributed by atoms with Crippen LogP contribution in [-0.2, 0) is 13.2 Å². The normalized spacial score (nSPS) is 10.8. The summed E-state index contributed by atoms with van der Waals surface area (Å²) in [6.45, 7) is 2.90. The molecule has 0 fully saturated rings. The van der Waals surface area contributed by atoms with E-state index in [0.717, 1.165) is 28.1 Å². The van der Waals surface area contributed by atoms with Crippen molar-refractivity contribution >= 4 is 46.1 Å². The van der Waals surface area contributed by atoms with E-state index in [-0.39, 0.29) is 5.91 Å². The second kappa shape index (κ2) is 9.56. The number of carbonyl (C=O) groups excluding carboxylic acids is 1. The largest absolute Gasteiger partial charge is 0.489 e. The maximum absolute atomic E-state index is 12.7. The van der Waals surface area contributed by atoms with Crippen LogP contribution in [0.5, 0.6) is 5.75 Å². The van der Waals surface area contributed by atoms with Gasteiger partial charge in [0.25, 0.3) is 5.91 Å². The van der Waals surface area contributed by atoms with Gasteiger partial charge in [-0.25, -0.2) is 0 Å². The van der Waals surface area contributed by atoms with Crippen molar-refractivity contribution in [2.75, 3.05) is 5.32 Å². The van der Waals surface area contributed by atoms with Gasteiger partial charge in [-0.15, -0.1) is 11.3 Å². The minimum atomic E-state index is -0.154. The van der Waals surface area contributed by atoms with Crippen LogP contribution in [0.3, 0.4) is 0 Å². The molecule has 2 heterocycles. The van der Waals surface area contributed by atoms with E-state index in [9.17, 15) is 4.79 Å². The lowest BCUT2D eigenvalue weighted by atomic mass is 10.2. The number of aromatic nitrogens is 2. The maximum atomic E-state index is 12.7. The third kappa shape index (κ3) is 5.67. The summed E-state index contributed by atoms with van der Waals surface area (Å²) in [7, 11) is 0. The van der Waals surface area contributed by atoms with Crippen molar-refractivity contribution in [2.45, 2.75) is 20.1 Å². The van der Waals surface area contributed by atoms with Crippen LogP contribution in [0.25, 0.3) is 0 Å². The number of carbonyl (C=O) groups is 1. The van der Waals surface area contributed by atoms with Crippen LogP contribution < -0.4 is 10.1 Å². The predicted octanol–water partition coefficient (Wildman–Crippen LogP) is 6.44. The Morgan fingerprint density at radius 2 is 2.00 bits per heavy atom. The van der Waals surface area contributed by atoms with Crippen molar-refractivity contribution < 1.29 is 9.53 Å². The van der Waals surface area contributed by atoms with Gasteiger partial charge in [0, 0.05) is 22.5 Å². The van der Waals surface area contributed by atoms with Gasteiger partial charge in [0.2, 0.25) is 0 Å². The van der Waals surface area contributed by atoms with Gasteiger partial charge in [0.1, 0.15) is 12.4 Å². The fourth-order valence-corrected chi connectivity index (χ4v) is 4.23. The van der Waals surface area contributed by atoms with Gasteiger partial charge in [0.05, 0.1) is 22.6 Å². The van der Waals surface area contributed by atoms with E-state index < -0.39 is 0 Å². The van der Waals surface area contributed by atoms with E-state index in [2.05, 4.69) is 10.4 Å². The Kier molecular flexibility index (Phi) is 6.61. The smallest absolute Gasteiger partial charge is 0.265 e. The van der Waals surface area contributed by atoms with Gasteiger partial charge in [-0.05, 0) is 59.8 Å². The highest BCUT2D eigenvalue weighted by atomic mass is 35.5. The summed E-state index contributed by atoms with van der Waals surface area (Å²) in [5.41, 5.74) is 3.65. The molecule has 0 saturated heterocycles. The molecule has 0 aliphatic carbocycles. The molecule has 0 unspecified atom stereocenters. The molecular weight excluding hydrogens is 453 g/mol. The zero-order valence-electron chi connectivity index (χ0n) is 16.6. The van der Waals surface area contributed by atoms with Gasteiger partial charge < -0.3 is 10.1 Å². The Bertz CT molecular complexity index is 1220. The van der Waals surface area contributed by atoms with Crippen LogP contribution in [0.1, 0.15) is 26.4 Å². The molecule has 0 atom stereocenters. The molecule has 0 saturated carbocycles. The number of hydrogen-bond donors (Lipinski definition) is 1. The molecule has 31 heavy (non-hydrogen) atoms. The Morgan fingerprint density at radius 1 is 1.13 bits per heavy atom. The van der Waals surface area contributed by atoms with Crippen molar-refractivity contribution in [1.82, 2.24) is 9.78 Å². The molecule has 2 aromatic heterocycles. The summed E-state index contributed by atoms with van der Waals surface area (Å²) in [6.07, 6.45) is 3.35. The monoisotopic (exact) mass is 471 g/mol. The summed E-state index contributed by atoms with van der Waals surface area (Å²) in [6, 6.07) is 15.0. The zero-order chi connectivity index (χ0) is 21.8. The second-order valence-corrected chi connectivity index (χ2v) is 8.81. The average molecular weight is 472 g/mol. The first kappa shape index (κ1) is 21.4. The van der Waals surface area contributed by atoms with E-state index in [1.165, 1.54) is 11.3 Å². The van der Waals surface area contributed by atoms with E-state index in [0.29, 0.717) is 28.1 Å². The second-order valence-electron chi connectivity index (χ2n) is 7.03. The maximum Gasteiger partial charge on any atom is 0.265 e. The van der Waals surface area contributed by atoms with Gasteiger partial charge in [-0.2, -0.15) is 5.10 Å². The third-order valence-electron chi connectivity index (χ3n) is 4.54. The van der Waals surface area contributed by atoms with Crippen LogP contribution in [0, 0.1) is 6.92 Å². The number of anilines is 1. The SMILES string of the molecule is Cc1cc(Cl)ccc1OCc1csc(C(=O)Nc2cccc(Cn3cc(Cl)cn3)c2)c1. The first-order valence-corrected chi connectivity index (χ1v) is 11.1. The van der Waals surface area contributed by atoms with Gasteiger partial charge in [-0.3, -0.25) is 9.48 Å². The molecular formula is C23H19Cl2N3O2S. The topological polar surface area (TPSA) is 56.1 Å². The Labute approximate surface area is 194 Å². The highest BCUT2D eigenvalue weighted by molar-refractivity contribution is 7.12. The lowest BCUT2D eigenvalue weighted by Gasteiger charge is -2.08. The van der Waals surface area contributed by atoms with Crippen LogP contribution >= 0.6 is 34.5 Å². The molecule has 4 aromatic rings. The van der Waals surface area contributed by atoms with Crippen molar-refractivity contribution in [3.05, 3.63) is 97.9 Å². The molecule has 0 spiro atoms. The minimum absolute atomic E-state index is 0.154. The standard InChI is InChI=1S/C23H19Cl2N3O2S/c1-15-7-18(24)5-6-21(15)30-13-17-9-22(31-14-17)23(29)27-20-4-2-3-16(8-20)11-28-12-19(25)10-26-28/h2-10,12,14H,11,13H2,1H3,(H,27,29). The van der Waals surface area contributed by atoms with Crippen molar-refractivity contribution in [3.8, 4) is 5.75 Å². The van der Waals surface area contributed by atoms with Crippen LogP contribution in [0.2, 0.25) is 10.0 Å². The first-order chi connectivity index (χ1) is 15.0. The summed E-state index contributed by atoms with van der Waals surface area (Å²) in [5.74, 6) is 0.620. The number of nitrogens with one attached hydrogen (secondary N) is 1. The molecule has 0 radical (unpaired) electrons. The molecule has 0 aliphatic heterocycles. The summed E-state index contributed by atoms with van der Waals surface area (Å²) in [5, 5.41) is 10.3. The number of ether oxygens (including phenoxy) is 1. The quantitative estimate of drug-likeness (QED) is 0.337. The number of halogens is 2. The number of benzene rings is 2. The number of thiophene rings is 1. The molecule has 8 heteroatoms. The predicted molar refractivity (Wildman–Crippen MR) is 126 cm³/mol. The van der Waals surface area contributed by atoms with Crippen LogP contribution in [-0.4, -0.2) is 15.7 Å². The van der Waals surface area contributed by atoms with Crippen molar-refractivity contribution in [2.24, 2.45) is 0 Å². The average Bonchev–Trinajstić information content (AvgIpc) is 3.37. The third-order valence-corrected chi connectivity index (χ3v) is 5.95. The molecule has 1 N–H and O–H groups in total. The molecule has 0 aliphatic rings. The summed E-state index contributed by atoms with van der Waals surface area (Å²) in [4.78, 5) is 13.3. The van der Waals surface area contributed by atoms with E-state index in [1.807, 2.05) is 54.8 Å². The van der Waals surface area contributed by atoms with Gasteiger partial charge >= 0.3 is 0 Å². The Balaban J connectivity index is 1.37. The van der Waals surface area contributed by atoms with E-state index in [4.69, 9.17) is 27.9 Å². The molecule has 1 amide bonds. The zero-order valence-corrected chi connectivity index (χ0v) is 19.0. The van der Waals surface area contributed by atoms with Crippen LogP contribution in [0.15, 0.2) is 66.3 Å². The lowest BCUT2D eigenvalue weighted by molar-refractivity contribution is 0.103. The summed E-state index contributed by atoms with van der Waals surface area (Å²) < 4.78 is 7.61. The fourth-order valence-electron chi connectivity index (χ4n) is 3.06. The molecule has 0 bridgehead atoms. The van der Waals surface area contributed by atoms with E-state index in [1.54, 1.807) is 23.1 Å². The van der Waals surface area contributed by atoms with Crippen molar-refractivity contribution in [1.29, 1.82) is 0 Å². The number of amides is 1. The summed E-state index contributed by atoms with van der Waals surface area (Å²) >= 11 is 13.3. The minimum Gasteiger partial charge on any atom is -0.489 e. The Hall–Kier alpha value is -2.80. The molecule has 5 nitrogen and oxygen atoms in total. The number of nitrogens with zero attached hydrogens (tertiary/aromatic N) is 2. The van der Waals surface area contributed by atoms with Gasteiger partial charge in [0.15, 0.2) is 0 Å². The van der Waals surface area contributed by atoms with E-state index >= 15 is 0 Å². The molecule has 2 aromatic carbocycles. The fraction of sp³-hybridized carbons (Fsp3) is 0.130. The first-order valence-electron chi connectivity index (χ1n) is 9.51. The number of aryl methyl sites for hydroxylation is 1.